The molecule has 0 unspecified atom stereocenters. The van der Waals surface area contributed by atoms with Crippen molar-refractivity contribution in [3.05, 3.63) is 53.9 Å². The van der Waals surface area contributed by atoms with E-state index in [1.165, 1.54) is 6.20 Å². The van der Waals surface area contributed by atoms with E-state index in [-0.39, 0.29) is 6.42 Å². The number of amides is 1. The van der Waals surface area contributed by atoms with Gasteiger partial charge >= 0.3 is 5.97 Å². The van der Waals surface area contributed by atoms with Crippen molar-refractivity contribution in [2.45, 2.75) is 25.9 Å². The van der Waals surface area contributed by atoms with Crippen molar-refractivity contribution in [1.29, 1.82) is 0 Å². The highest BCUT2D eigenvalue weighted by atomic mass is 16.4. The lowest BCUT2D eigenvalue weighted by Gasteiger charge is -2.14. The van der Waals surface area contributed by atoms with Crippen molar-refractivity contribution in [1.82, 2.24) is 15.1 Å². The highest BCUT2D eigenvalue weighted by Gasteiger charge is 2.21. The lowest BCUT2D eigenvalue weighted by atomic mass is 10.1. The summed E-state index contributed by atoms with van der Waals surface area (Å²) in [4.78, 5) is 23.3. The lowest BCUT2D eigenvalue weighted by molar-refractivity contribution is -0.139. The molecule has 0 fully saturated rings. The van der Waals surface area contributed by atoms with E-state index in [2.05, 4.69) is 10.4 Å². The van der Waals surface area contributed by atoms with Crippen LogP contribution in [0, 0.1) is 0 Å². The number of carbonyl (C=O) groups is 2. The first-order valence-electron chi connectivity index (χ1n) is 6.70. The molecule has 2 rings (SSSR count). The molecule has 0 bridgehead atoms. The van der Waals surface area contributed by atoms with Gasteiger partial charge in [-0.05, 0) is 12.5 Å². The minimum Gasteiger partial charge on any atom is -0.480 e. The predicted molar refractivity (Wildman–Crippen MR) is 76.9 cm³/mol. The maximum absolute atomic E-state index is 12.1. The van der Waals surface area contributed by atoms with E-state index in [1.807, 2.05) is 37.3 Å². The summed E-state index contributed by atoms with van der Waals surface area (Å²) >= 11 is 0. The van der Waals surface area contributed by atoms with Gasteiger partial charge in [0, 0.05) is 19.2 Å². The number of hydrogen-bond donors (Lipinski definition) is 2. The van der Waals surface area contributed by atoms with Crippen LogP contribution in [0.3, 0.4) is 0 Å². The highest BCUT2D eigenvalue weighted by molar-refractivity contribution is 5.96. The van der Waals surface area contributed by atoms with Gasteiger partial charge in [-0.2, -0.15) is 5.10 Å². The fourth-order valence-electron chi connectivity index (χ4n) is 1.95. The Morgan fingerprint density at radius 3 is 2.62 bits per heavy atom. The van der Waals surface area contributed by atoms with Crippen LogP contribution in [0.4, 0.5) is 0 Å². The zero-order chi connectivity index (χ0) is 15.2. The molecule has 0 saturated carbocycles. The molecule has 2 aromatic rings. The summed E-state index contributed by atoms with van der Waals surface area (Å²) < 4.78 is 1.61. The molecule has 1 aromatic carbocycles. The first-order chi connectivity index (χ1) is 10.1. The third-order valence-corrected chi connectivity index (χ3v) is 3.11. The van der Waals surface area contributed by atoms with E-state index in [0.29, 0.717) is 12.1 Å². The zero-order valence-corrected chi connectivity index (χ0v) is 11.7. The Labute approximate surface area is 122 Å². The van der Waals surface area contributed by atoms with Crippen LogP contribution in [0.5, 0.6) is 0 Å². The van der Waals surface area contributed by atoms with Crippen molar-refractivity contribution in [2.24, 2.45) is 0 Å². The van der Waals surface area contributed by atoms with Gasteiger partial charge < -0.3 is 10.4 Å². The van der Waals surface area contributed by atoms with Gasteiger partial charge in [-0.15, -0.1) is 0 Å². The third kappa shape index (κ3) is 3.92. The van der Waals surface area contributed by atoms with Gasteiger partial charge in [-0.3, -0.25) is 9.48 Å². The summed E-state index contributed by atoms with van der Waals surface area (Å²) in [5.74, 6) is -1.49. The molecule has 0 radical (unpaired) electrons. The van der Waals surface area contributed by atoms with E-state index in [4.69, 9.17) is 0 Å². The molecule has 1 atom stereocenters. The summed E-state index contributed by atoms with van der Waals surface area (Å²) in [5, 5.41) is 15.8. The van der Waals surface area contributed by atoms with Crippen molar-refractivity contribution in [3.63, 3.8) is 0 Å². The summed E-state index contributed by atoms with van der Waals surface area (Å²) in [6.45, 7) is 2.56. The second-order valence-corrected chi connectivity index (χ2v) is 4.64. The van der Waals surface area contributed by atoms with Gasteiger partial charge in [0.15, 0.2) is 0 Å². The molecule has 0 aliphatic carbocycles. The van der Waals surface area contributed by atoms with Crippen molar-refractivity contribution < 1.29 is 14.7 Å². The number of hydrogen-bond acceptors (Lipinski definition) is 3. The first kappa shape index (κ1) is 14.8. The zero-order valence-electron chi connectivity index (χ0n) is 11.7. The van der Waals surface area contributed by atoms with Gasteiger partial charge in [0.2, 0.25) is 0 Å². The molecular weight excluding hydrogens is 270 g/mol. The molecule has 6 heteroatoms. The molecule has 1 amide bonds. The Bertz CT molecular complexity index is 622. The Morgan fingerprint density at radius 2 is 2.05 bits per heavy atom. The fourth-order valence-corrected chi connectivity index (χ4v) is 1.95. The van der Waals surface area contributed by atoms with Crippen LogP contribution in [0.15, 0.2) is 42.7 Å². The minimum absolute atomic E-state index is 0.240. The quantitative estimate of drug-likeness (QED) is 0.839. The number of nitrogens with zero attached hydrogens (tertiary/aromatic N) is 2. The van der Waals surface area contributed by atoms with E-state index in [1.54, 1.807) is 10.9 Å². The third-order valence-electron chi connectivity index (χ3n) is 3.11. The molecular formula is C15H17N3O3. The molecule has 1 heterocycles. The standard InChI is InChI=1S/C15H17N3O3/c1-2-18-10-12(9-16-18)14(19)17-13(15(20)21)8-11-6-4-3-5-7-11/h3-7,9-10,13H,2,8H2,1H3,(H,17,19)(H,20,21)/t13-/m1/s1. The second-order valence-electron chi connectivity index (χ2n) is 4.64. The van der Waals surface area contributed by atoms with Crippen LogP contribution in [0.2, 0.25) is 0 Å². The van der Waals surface area contributed by atoms with E-state index in [0.717, 1.165) is 5.56 Å². The minimum atomic E-state index is -1.06. The van der Waals surface area contributed by atoms with Crippen molar-refractivity contribution >= 4 is 11.9 Å². The molecule has 21 heavy (non-hydrogen) atoms. The van der Waals surface area contributed by atoms with Gasteiger partial charge in [0.05, 0.1) is 11.8 Å². The average Bonchev–Trinajstić information content (AvgIpc) is 2.96. The van der Waals surface area contributed by atoms with Gasteiger partial charge in [-0.1, -0.05) is 30.3 Å². The number of aryl methyl sites for hydroxylation is 1. The number of carbonyl (C=O) groups excluding carboxylic acids is 1. The first-order valence-corrected chi connectivity index (χ1v) is 6.70. The van der Waals surface area contributed by atoms with Crippen molar-refractivity contribution in [3.8, 4) is 0 Å². The largest absolute Gasteiger partial charge is 0.480 e. The number of benzene rings is 1. The van der Waals surface area contributed by atoms with Gasteiger partial charge in [0.1, 0.15) is 6.04 Å². The molecule has 2 N–H and O–H groups in total. The maximum atomic E-state index is 12.1. The molecule has 6 nitrogen and oxygen atoms in total. The van der Waals surface area contributed by atoms with Crippen LogP contribution in [-0.4, -0.2) is 32.8 Å². The topological polar surface area (TPSA) is 84.2 Å². The predicted octanol–water partition coefficient (Wildman–Crippen LogP) is 1.33. The van der Waals surface area contributed by atoms with Crippen LogP contribution in [0.25, 0.3) is 0 Å². The Kier molecular flexibility index (Phi) is 4.71. The van der Waals surface area contributed by atoms with E-state index in [9.17, 15) is 14.7 Å². The normalized spacial score (nSPS) is 11.9. The Hall–Kier alpha value is -2.63. The van der Waals surface area contributed by atoms with Crippen LogP contribution < -0.4 is 5.32 Å². The number of rotatable bonds is 6. The molecule has 0 spiro atoms. The summed E-state index contributed by atoms with van der Waals surface area (Å²) in [5.41, 5.74) is 1.21. The Morgan fingerprint density at radius 1 is 1.33 bits per heavy atom. The molecule has 1 aromatic heterocycles. The smallest absolute Gasteiger partial charge is 0.326 e. The van der Waals surface area contributed by atoms with Gasteiger partial charge in [-0.25, -0.2) is 4.79 Å². The molecule has 0 aliphatic rings. The average molecular weight is 287 g/mol. The fraction of sp³-hybridized carbons (Fsp3) is 0.267. The lowest BCUT2D eigenvalue weighted by Crippen LogP contribution is -2.42. The van der Waals surface area contributed by atoms with Crippen LogP contribution >= 0.6 is 0 Å². The molecule has 110 valence electrons. The molecule has 0 saturated heterocycles. The second kappa shape index (κ2) is 6.69. The number of aliphatic carboxylic acids is 1. The summed E-state index contributed by atoms with van der Waals surface area (Å²) in [6, 6.07) is 8.22. The summed E-state index contributed by atoms with van der Waals surface area (Å²) in [6.07, 6.45) is 3.26. The van der Waals surface area contributed by atoms with Crippen LogP contribution in [-0.2, 0) is 17.8 Å². The van der Waals surface area contributed by atoms with E-state index >= 15 is 0 Å². The number of carboxylic acid groups (broad SMARTS) is 1. The van der Waals surface area contributed by atoms with Gasteiger partial charge in [0.25, 0.3) is 5.91 Å². The number of aromatic nitrogens is 2. The van der Waals surface area contributed by atoms with E-state index < -0.39 is 17.9 Å². The highest BCUT2D eigenvalue weighted by Crippen LogP contribution is 2.05. The Balaban J connectivity index is 2.05. The van der Waals surface area contributed by atoms with Crippen LogP contribution in [0.1, 0.15) is 22.8 Å². The maximum Gasteiger partial charge on any atom is 0.326 e. The SMILES string of the molecule is CCn1cc(C(=O)N[C@H](Cc2ccccc2)C(=O)O)cn1. The number of carboxylic acids is 1. The van der Waals surface area contributed by atoms with Crippen molar-refractivity contribution in [2.75, 3.05) is 0 Å². The monoisotopic (exact) mass is 287 g/mol. The molecule has 0 aliphatic heterocycles. The number of nitrogens with one attached hydrogen (secondary N) is 1. The summed E-state index contributed by atoms with van der Waals surface area (Å²) in [7, 11) is 0.